The van der Waals surface area contributed by atoms with Gasteiger partial charge in [0.2, 0.25) is 0 Å². The van der Waals surface area contributed by atoms with Gasteiger partial charge in [0.05, 0.1) is 11.2 Å². The zero-order valence-electron chi connectivity index (χ0n) is 12.7. The number of nitrogens with one attached hydrogen (secondary N) is 1. The van der Waals surface area contributed by atoms with E-state index in [1.54, 1.807) is 6.07 Å². The highest BCUT2D eigenvalue weighted by Gasteiger charge is 2.15. The van der Waals surface area contributed by atoms with E-state index in [1.807, 2.05) is 18.2 Å². The van der Waals surface area contributed by atoms with Crippen molar-refractivity contribution in [2.45, 2.75) is 0 Å². The Bertz CT molecular complexity index is 1080. The van der Waals surface area contributed by atoms with Crippen LogP contribution in [-0.2, 0) is 0 Å². The maximum Gasteiger partial charge on any atom is 0.184 e. The Hall–Kier alpha value is -3.62. The van der Waals surface area contributed by atoms with E-state index in [-0.39, 0.29) is 23.0 Å². The maximum atomic E-state index is 13.8. The van der Waals surface area contributed by atoms with Crippen LogP contribution < -0.4 is 11.1 Å². The summed E-state index contributed by atoms with van der Waals surface area (Å²) in [4.78, 5) is 8.13. The fourth-order valence-electron chi connectivity index (χ4n) is 2.40. The third-order valence-electron chi connectivity index (χ3n) is 3.60. The monoisotopic (exact) mass is 339 g/mol. The highest BCUT2D eigenvalue weighted by atomic mass is 19.1. The molecule has 124 valence electrons. The molecule has 2 aromatic carbocycles. The average Bonchev–Trinajstić information content (AvgIpc) is 3.04. The van der Waals surface area contributed by atoms with E-state index in [2.05, 4.69) is 25.6 Å². The number of nitrogens with two attached hydrogens (primary N) is 1. The summed E-state index contributed by atoms with van der Waals surface area (Å²) in [5.41, 5.74) is 7.53. The zero-order valence-corrected chi connectivity index (χ0v) is 12.7. The van der Waals surface area contributed by atoms with Gasteiger partial charge in [0.1, 0.15) is 29.2 Å². The van der Waals surface area contributed by atoms with Gasteiger partial charge in [-0.25, -0.2) is 18.7 Å². The second-order valence-corrected chi connectivity index (χ2v) is 5.20. The van der Waals surface area contributed by atoms with E-state index in [0.29, 0.717) is 11.0 Å². The van der Waals surface area contributed by atoms with E-state index in [0.717, 1.165) is 18.2 Å². The highest BCUT2D eigenvalue weighted by molar-refractivity contribution is 5.80. The van der Waals surface area contributed by atoms with Crippen LogP contribution in [0, 0.1) is 11.6 Å². The molecule has 0 amide bonds. The van der Waals surface area contributed by atoms with Gasteiger partial charge >= 0.3 is 0 Å². The van der Waals surface area contributed by atoms with Crippen LogP contribution in [0.4, 0.5) is 26.0 Å². The van der Waals surface area contributed by atoms with Gasteiger partial charge in [-0.3, -0.25) is 0 Å². The van der Waals surface area contributed by atoms with Crippen LogP contribution in [0.1, 0.15) is 0 Å². The Morgan fingerprint density at radius 1 is 1.04 bits per heavy atom. The molecule has 0 spiro atoms. The van der Waals surface area contributed by atoms with Gasteiger partial charge in [-0.05, 0) is 24.3 Å². The minimum Gasteiger partial charge on any atom is -0.393 e. The first-order valence-corrected chi connectivity index (χ1v) is 7.27. The van der Waals surface area contributed by atoms with Crippen molar-refractivity contribution in [1.82, 2.24) is 25.0 Å². The molecular weight excluding hydrogens is 328 g/mol. The van der Waals surface area contributed by atoms with Crippen molar-refractivity contribution in [3.63, 3.8) is 0 Å². The van der Waals surface area contributed by atoms with E-state index in [4.69, 9.17) is 5.73 Å². The third-order valence-corrected chi connectivity index (χ3v) is 3.60. The molecule has 2 heterocycles. The van der Waals surface area contributed by atoms with Crippen LogP contribution in [-0.4, -0.2) is 25.0 Å². The summed E-state index contributed by atoms with van der Waals surface area (Å²) in [6, 6.07) is 10.3. The number of anilines is 3. The molecule has 25 heavy (non-hydrogen) atoms. The molecule has 0 unspecified atom stereocenters. The van der Waals surface area contributed by atoms with Gasteiger partial charge in [-0.2, -0.15) is 4.68 Å². The van der Waals surface area contributed by atoms with Crippen LogP contribution in [0.5, 0.6) is 0 Å². The van der Waals surface area contributed by atoms with Crippen molar-refractivity contribution >= 4 is 28.2 Å². The second kappa shape index (κ2) is 5.78. The van der Waals surface area contributed by atoms with Crippen LogP contribution in [0.15, 0.2) is 48.8 Å². The molecule has 0 radical (unpaired) electrons. The predicted octanol–water partition coefficient (Wildman–Crippen LogP) is 2.81. The molecule has 0 atom stereocenters. The Morgan fingerprint density at radius 3 is 2.76 bits per heavy atom. The predicted molar refractivity (Wildman–Crippen MR) is 88.5 cm³/mol. The standard InChI is InChI=1S/C16H11F2N7/c17-9-5-6-10(18)12(7-9)22-15-14(19)16(21-8-20-15)25-13-4-2-1-3-11(13)23-24-25/h1-8H,19H2,(H,20,21,22). The quantitative estimate of drug-likeness (QED) is 0.596. The fraction of sp³-hybridized carbons (Fsp3) is 0. The molecule has 3 N–H and O–H groups in total. The van der Waals surface area contributed by atoms with Gasteiger partial charge in [-0.1, -0.05) is 17.3 Å². The van der Waals surface area contributed by atoms with Crippen LogP contribution in [0.2, 0.25) is 0 Å². The number of hydrogen-bond donors (Lipinski definition) is 2. The first-order valence-electron chi connectivity index (χ1n) is 7.27. The van der Waals surface area contributed by atoms with Crippen molar-refractivity contribution in [2.24, 2.45) is 0 Å². The minimum absolute atomic E-state index is 0.0835. The average molecular weight is 339 g/mol. The van der Waals surface area contributed by atoms with Crippen molar-refractivity contribution in [2.75, 3.05) is 11.1 Å². The Kier molecular flexibility index (Phi) is 3.46. The fourth-order valence-corrected chi connectivity index (χ4v) is 2.40. The molecule has 4 rings (SSSR count). The number of halogens is 2. The first kappa shape index (κ1) is 14.9. The van der Waals surface area contributed by atoms with Gasteiger partial charge in [0, 0.05) is 6.07 Å². The summed E-state index contributed by atoms with van der Waals surface area (Å²) < 4.78 is 28.6. The molecule has 0 aliphatic heterocycles. The zero-order chi connectivity index (χ0) is 17.4. The molecule has 7 nitrogen and oxygen atoms in total. The first-order chi connectivity index (χ1) is 12.1. The molecule has 2 aromatic heterocycles. The van der Waals surface area contributed by atoms with Crippen molar-refractivity contribution in [3.05, 3.63) is 60.4 Å². The normalized spacial score (nSPS) is 11.0. The number of benzene rings is 2. The molecule has 0 aliphatic carbocycles. The van der Waals surface area contributed by atoms with E-state index >= 15 is 0 Å². The van der Waals surface area contributed by atoms with Crippen molar-refractivity contribution < 1.29 is 8.78 Å². The third kappa shape index (κ3) is 2.61. The molecule has 4 aromatic rings. The molecule has 0 bridgehead atoms. The SMILES string of the molecule is Nc1c(Nc2cc(F)ccc2F)ncnc1-n1nnc2ccccc21. The van der Waals surface area contributed by atoms with Gasteiger partial charge < -0.3 is 11.1 Å². The number of fused-ring (bicyclic) bond motifs is 1. The number of nitrogens with zero attached hydrogens (tertiary/aromatic N) is 5. The summed E-state index contributed by atoms with van der Waals surface area (Å²) in [5.74, 6) is -0.803. The van der Waals surface area contributed by atoms with Gasteiger partial charge in [0.15, 0.2) is 11.6 Å². The van der Waals surface area contributed by atoms with Crippen LogP contribution in [0.3, 0.4) is 0 Å². The number of aromatic nitrogens is 5. The Morgan fingerprint density at radius 2 is 1.88 bits per heavy atom. The maximum absolute atomic E-state index is 13.8. The lowest BCUT2D eigenvalue weighted by Crippen LogP contribution is -2.09. The summed E-state index contributed by atoms with van der Waals surface area (Å²) >= 11 is 0. The van der Waals surface area contributed by atoms with Crippen LogP contribution >= 0.6 is 0 Å². The van der Waals surface area contributed by atoms with Crippen molar-refractivity contribution in [3.8, 4) is 5.82 Å². The van der Waals surface area contributed by atoms with Crippen LogP contribution in [0.25, 0.3) is 16.9 Å². The number of nitrogen functional groups attached to an aromatic ring is 1. The summed E-state index contributed by atoms with van der Waals surface area (Å²) in [7, 11) is 0. The Balaban J connectivity index is 1.79. The summed E-state index contributed by atoms with van der Waals surface area (Å²) in [5, 5.41) is 10.8. The lowest BCUT2D eigenvalue weighted by atomic mass is 10.3. The largest absolute Gasteiger partial charge is 0.393 e. The van der Waals surface area contributed by atoms with Gasteiger partial charge in [-0.15, -0.1) is 5.10 Å². The molecule has 9 heteroatoms. The number of para-hydroxylation sites is 1. The van der Waals surface area contributed by atoms with Crippen molar-refractivity contribution in [1.29, 1.82) is 0 Å². The molecule has 0 saturated heterocycles. The summed E-state index contributed by atoms with van der Waals surface area (Å²) in [6.45, 7) is 0. The molecular formula is C16H11F2N7. The van der Waals surface area contributed by atoms with E-state index in [1.165, 1.54) is 11.0 Å². The lowest BCUT2D eigenvalue weighted by molar-refractivity contribution is 0.603. The van der Waals surface area contributed by atoms with E-state index < -0.39 is 11.6 Å². The minimum atomic E-state index is -0.632. The Labute approximate surface area is 140 Å². The van der Waals surface area contributed by atoms with Gasteiger partial charge in [0.25, 0.3) is 0 Å². The molecule has 0 fully saturated rings. The summed E-state index contributed by atoms with van der Waals surface area (Å²) in [6.07, 6.45) is 1.25. The second-order valence-electron chi connectivity index (χ2n) is 5.20. The lowest BCUT2D eigenvalue weighted by Gasteiger charge is -2.11. The number of rotatable bonds is 3. The highest BCUT2D eigenvalue weighted by Crippen LogP contribution is 2.27. The topological polar surface area (TPSA) is 94.5 Å². The van der Waals surface area contributed by atoms with E-state index in [9.17, 15) is 8.78 Å². The smallest absolute Gasteiger partial charge is 0.184 e. The molecule has 0 saturated carbocycles. The molecule has 0 aliphatic rings. The number of hydrogen-bond acceptors (Lipinski definition) is 6.